The average molecular weight is 423 g/mol. The maximum absolute atomic E-state index is 5.65. The Labute approximate surface area is 127 Å². The first-order valence-corrected chi connectivity index (χ1v) is 23.7. The zero-order valence-corrected chi connectivity index (χ0v) is 17.4. The third kappa shape index (κ3) is 11.8. The van der Waals surface area contributed by atoms with Crippen LogP contribution in [0.5, 0.6) is 0 Å². The van der Waals surface area contributed by atoms with Crippen molar-refractivity contribution in [1.82, 2.24) is 0 Å². The molecule has 0 heterocycles. The number of aryl methyl sites for hydroxylation is 2. The molecule has 0 saturated heterocycles. The molecule has 2 rings (SSSR count). The molecule has 0 atom stereocenters. The van der Waals surface area contributed by atoms with E-state index in [0.717, 1.165) is 0 Å². The Bertz CT molecular complexity index is 380. The summed E-state index contributed by atoms with van der Waals surface area (Å²) in [5.41, 5.74) is 2.69. The molecule has 100 valence electrons. The van der Waals surface area contributed by atoms with Gasteiger partial charge in [0.15, 0.2) is 0 Å². The molecule has 0 spiro atoms. The van der Waals surface area contributed by atoms with Crippen molar-refractivity contribution < 1.29 is 16.2 Å². The fraction of sp³-hybridized carbons (Fsp3) is 0.286. The molecule has 0 aliphatic heterocycles. The van der Waals surface area contributed by atoms with Gasteiger partial charge in [-0.15, -0.1) is 0 Å². The summed E-state index contributed by atoms with van der Waals surface area (Å²) in [7, 11) is 10.6. The standard InChI is InChI=1S/2C6H7.C2H6Ge.2ClH.Zr/c2*1-6-4-2-3-5-6;1-3-2;;;/h2*2-5H,1H3;1-2H3;2*1H;/q2*-1;;;;+2/p-2. The molecule has 2 aromatic rings. The maximum atomic E-state index is 5.65. The predicted octanol–water partition coefficient (Wildman–Crippen LogP) is 5.59. The molecular weight excluding hydrogens is 403 g/mol. The number of hydrogen-bond donors (Lipinski definition) is 0. The van der Waals surface area contributed by atoms with Crippen LogP contribution < -0.4 is 0 Å². The third-order valence-corrected chi connectivity index (χ3v) is 36.5. The van der Waals surface area contributed by atoms with Gasteiger partial charge in [0, 0.05) is 0 Å². The van der Waals surface area contributed by atoms with Gasteiger partial charge in [0.2, 0.25) is 0 Å². The van der Waals surface area contributed by atoms with Crippen LogP contribution in [0.15, 0.2) is 48.5 Å². The molecule has 0 fully saturated rings. The van der Waals surface area contributed by atoms with Crippen molar-refractivity contribution in [1.29, 1.82) is 0 Å². The average Bonchev–Trinajstić information content (AvgIpc) is 2.93. The van der Waals surface area contributed by atoms with E-state index < -0.39 is 26.2 Å². The zero-order chi connectivity index (χ0) is 14.0. The number of rotatable bonds is 0. The molecule has 2 aromatic carbocycles. The summed E-state index contributed by atoms with van der Waals surface area (Å²) >= 11 is -1.59. The molecule has 0 saturated carbocycles. The number of halogens is 2. The Morgan fingerprint density at radius 2 is 1.28 bits per heavy atom. The van der Waals surface area contributed by atoms with Gasteiger partial charge in [0.05, 0.1) is 0 Å². The van der Waals surface area contributed by atoms with Crippen LogP contribution in [0.3, 0.4) is 0 Å². The molecule has 0 aromatic heterocycles. The van der Waals surface area contributed by atoms with E-state index in [2.05, 4.69) is 49.6 Å². The molecule has 0 aliphatic rings. The molecule has 4 heteroatoms. The molecule has 18 heavy (non-hydrogen) atoms. The first-order valence-electron chi connectivity index (χ1n) is 5.78. The first-order chi connectivity index (χ1) is 8.43. The molecule has 0 aliphatic carbocycles. The van der Waals surface area contributed by atoms with E-state index in [1.165, 1.54) is 11.1 Å². The summed E-state index contributed by atoms with van der Waals surface area (Å²) in [5, 5.41) is 0. The van der Waals surface area contributed by atoms with Gasteiger partial charge in [-0.2, -0.15) is 36.4 Å². The van der Waals surface area contributed by atoms with E-state index >= 15 is 0 Å². The van der Waals surface area contributed by atoms with Crippen LogP contribution in [-0.2, 0) is 16.2 Å². The van der Waals surface area contributed by atoms with Gasteiger partial charge >= 0.3 is 54.8 Å². The van der Waals surface area contributed by atoms with Crippen LogP contribution in [0.4, 0.5) is 0 Å². The quantitative estimate of drug-likeness (QED) is 0.383. The van der Waals surface area contributed by atoms with Crippen LogP contribution in [-0.4, -0.2) is 9.98 Å². The van der Waals surface area contributed by atoms with Gasteiger partial charge < -0.3 is 0 Å². The minimum atomic E-state index is -1.59. The fourth-order valence-corrected chi connectivity index (χ4v) is 0.940. The van der Waals surface area contributed by atoms with Crippen LogP contribution in [0.25, 0.3) is 0 Å². The molecule has 0 radical (unpaired) electrons. The fourth-order valence-electron chi connectivity index (χ4n) is 0.940. The van der Waals surface area contributed by atoms with Crippen molar-refractivity contribution in [3.8, 4) is 0 Å². The second kappa shape index (κ2) is 11.5. The molecule has 0 amide bonds. The molecule has 0 unspecified atom stereocenters. The topological polar surface area (TPSA) is 0 Å². The molecular formula is C14H20Cl2GeZr-2. The van der Waals surface area contributed by atoms with E-state index in [1.54, 1.807) is 0 Å². The van der Waals surface area contributed by atoms with E-state index in [9.17, 15) is 0 Å². The van der Waals surface area contributed by atoms with Crippen LogP contribution in [0.1, 0.15) is 11.1 Å². The second-order valence-corrected chi connectivity index (χ2v) is 42.1. The van der Waals surface area contributed by atoms with E-state index in [-0.39, 0.29) is 0 Å². The summed E-state index contributed by atoms with van der Waals surface area (Å²) in [4.78, 5) is 0. The van der Waals surface area contributed by atoms with Crippen molar-refractivity contribution in [3.63, 3.8) is 0 Å². The van der Waals surface area contributed by atoms with Crippen molar-refractivity contribution >= 4 is 27.0 Å². The summed E-state index contributed by atoms with van der Waals surface area (Å²) in [6, 6.07) is 16.5. The molecule has 0 nitrogen and oxygen atoms in total. The summed E-state index contributed by atoms with van der Waals surface area (Å²) in [5.74, 6) is 4.46. The van der Waals surface area contributed by atoms with Gasteiger partial charge in [-0.05, 0) is 0 Å². The van der Waals surface area contributed by atoms with Gasteiger partial charge in [-0.1, -0.05) is 13.8 Å². The van der Waals surface area contributed by atoms with Gasteiger partial charge in [0.25, 0.3) is 0 Å². The third-order valence-electron chi connectivity index (χ3n) is 2.04. The van der Waals surface area contributed by atoms with Crippen molar-refractivity contribution in [2.45, 2.75) is 25.4 Å². The van der Waals surface area contributed by atoms with Gasteiger partial charge in [-0.3, -0.25) is 0 Å². The molecule has 0 N–H and O–H groups in total. The molecule has 0 bridgehead atoms. The van der Waals surface area contributed by atoms with Crippen molar-refractivity contribution in [3.05, 3.63) is 59.7 Å². The Kier molecular flexibility index (Phi) is 12.0. The Morgan fingerprint density at radius 3 is 1.33 bits per heavy atom. The SMILES string of the molecule is Cc1cc[cH-]c1.Cc1cc[cH-]c1.[CH3][Ge]([CH3])=[Zr]([Cl])[Cl]. The Balaban J connectivity index is 0.000000241. The zero-order valence-electron chi connectivity index (χ0n) is 11.4. The van der Waals surface area contributed by atoms with E-state index in [0.29, 0.717) is 0 Å². The Hall–Kier alpha value is 0.706. The second-order valence-electron chi connectivity index (χ2n) is 4.18. The summed E-state index contributed by atoms with van der Waals surface area (Å²) < 4.78 is 0. The van der Waals surface area contributed by atoms with E-state index in [1.807, 2.05) is 24.3 Å². The predicted molar refractivity (Wildman–Crippen MR) is 82.7 cm³/mol. The van der Waals surface area contributed by atoms with Crippen LogP contribution in [0, 0.1) is 13.8 Å². The normalized spacial score (nSPS) is 8.56. The van der Waals surface area contributed by atoms with Crippen molar-refractivity contribution in [2.75, 3.05) is 0 Å². The van der Waals surface area contributed by atoms with Gasteiger partial charge in [0.1, 0.15) is 0 Å². The van der Waals surface area contributed by atoms with Crippen LogP contribution >= 0.6 is 17.0 Å². The number of hydrogen-bond acceptors (Lipinski definition) is 0. The first kappa shape index (κ1) is 18.7. The summed E-state index contributed by atoms with van der Waals surface area (Å²) in [6.07, 6.45) is 0. The summed E-state index contributed by atoms with van der Waals surface area (Å²) in [6.45, 7) is 4.17. The van der Waals surface area contributed by atoms with Crippen LogP contribution in [0.2, 0.25) is 11.5 Å². The minimum absolute atomic E-state index is 0.735. The monoisotopic (exact) mass is 422 g/mol. The van der Waals surface area contributed by atoms with Crippen molar-refractivity contribution in [2.24, 2.45) is 0 Å². The van der Waals surface area contributed by atoms with E-state index in [4.69, 9.17) is 17.0 Å². The van der Waals surface area contributed by atoms with Gasteiger partial charge in [-0.25, -0.2) is 23.3 Å². The Morgan fingerprint density at radius 1 is 0.944 bits per heavy atom.